The molecule has 0 bridgehead atoms. The molecule has 3 aromatic rings. The van der Waals surface area contributed by atoms with Gasteiger partial charge >= 0.3 is 0 Å². The van der Waals surface area contributed by atoms with Gasteiger partial charge in [0.05, 0.1) is 24.2 Å². The molecule has 6 nitrogen and oxygen atoms in total. The molecule has 2 aromatic heterocycles. The van der Waals surface area contributed by atoms with Gasteiger partial charge in [-0.15, -0.1) is 11.3 Å². The zero-order valence-electron chi connectivity index (χ0n) is 14.7. The number of aromatic nitrogens is 2. The van der Waals surface area contributed by atoms with E-state index in [-0.39, 0.29) is 18.0 Å². The van der Waals surface area contributed by atoms with E-state index in [4.69, 9.17) is 5.26 Å². The van der Waals surface area contributed by atoms with E-state index >= 15 is 0 Å². The van der Waals surface area contributed by atoms with Gasteiger partial charge in [-0.3, -0.25) is 14.2 Å². The second-order valence-electron chi connectivity index (χ2n) is 6.65. The molecule has 1 aromatic carbocycles. The minimum absolute atomic E-state index is 0.0770. The first-order chi connectivity index (χ1) is 13.2. The summed E-state index contributed by atoms with van der Waals surface area (Å²) in [6.45, 7) is -0.0770. The van der Waals surface area contributed by atoms with Crippen LogP contribution < -0.4 is 10.9 Å². The van der Waals surface area contributed by atoms with E-state index in [1.165, 1.54) is 15.8 Å². The van der Waals surface area contributed by atoms with Crippen molar-refractivity contribution in [2.24, 2.45) is 0 Å². The van der Waals surface area contributed by atoms with Crippen LogP contribution in [0.2, 0.25) is 0 Å². The van der Waals surface area contributed by atoms with E-state index in [9.17, 15) is 9.59 Å². The van der Waals surface area contributed by atoms with Crippen LogP contribution >= 0.6 is 11.3 Å². The largest absolute Gasteiger partial charge is 0.325 e. The third-order valence-corrected chi connectivity index (χ3v) is 5.98. The van der Waals surface area contributed by atoms with Gasteiger partial charge in [-0.1, -0.05) is 12.1 Å². The van der Waals surface area contributed by atoms with Crippen molar-refractivity contribution in [2.75, 3.05) is 5.32 Å². The van der Waals surface area contributed by atoms with E-state index < -0.39 is 0 Å². The molecule has 0 unspecified atom stereocenters. The summed E-state index contributed by atoms with van der Waals surface area (Å²) in [5.41, 5.74) is 2.51. The van der Waals surface area contributed by atoms with Crippen molar-refractivity contribution in [1.82, 2.24) is 9.55 Å². The Bertz CT molecular complexity index is 1110. The maximum absolute atomic E-state index is 12.9. The molecule has 1 aliphatic carbocycles. The number of nitriles is 1. The van der Waals surface area contributed by atoms with Crippen LogP contribution in [0.15, 0.2) is 35.4 Å². The van der Waals surface area contributed by atoms with Gasteiger partial charge in [-0.2, -0.15) is 5.26 Å². The van der Waals surface area contributed by atoms with Crippen molar-refractivity contribution in [3.05, 3.63) is 57.0 Å². The number of hydrogen-bond donors (Lipinski definition) is 1. The average Bonchev–Trinajstić information content (AvgIpc) is 3.05. The lowest BCUT2D eigenvalue weighted by atomic mass is 9.97. The molecule has 0 aliphatic heterocycles. The summed E-state index contributed by atoms with van der Waals surface area (Å²) < 4.78 is 1.38. The first-order valence-electron chi connectivity index (χ1n) is 8.91. The summed E-state index contributed by atoms with van der Waals surface area (Å²) in [6.07, 6.45) is 5.97. The minimum atomic E-state index is -0.282. The van der Waals surface area contributed by atoms with Crippen LogP contribution in [-0.2, 0) is 30.6 Å². The Hall–Kier alpha value is -2.98. The highest BCUT2D eigenvalue weighted by Gasteiger charge is 2.20. The standard InChI is InChI=1S/C20H18N4O2S/c21-10-9-13-5-7-14(8-6-13)23-17(25)11-24-12-22-19-18(20(24)26)15-3-1-2-4-16(15)27-19/h5-8,12H,1-4,9,11H2,(H,23,25). The Kier molecular flexibility index (Phi) is 4.73. The summed E-state index contributed by atoms with van der Waals surface area (Å²) in [7, 11) is 0. The number of fused-ring (bicyclic) bond motifs is 3. The number of anilines is 1. The minimum Gasteiger partial charge on any atom is -0.325 e. The maximum Gasteiger partial charge on any atom is 0.262 e. The van der Waals surface area contributed by atoms with Crippen LogP contribution in [0.5, 0.6) is 0 Å². The van der Waals surface area contributed by atoms with Gasteiger partial charge in [0, 0.05) is 10.6 Å². The molecule has 7 heteroatoms. The number of carbonyl (C=O) groups is 1. The number of carbonyl (C=O) groups excluding carboxylic acids is 1. The van der Waals surface area contributed by atoms with Gasteiger partial charge in [0.2, 0.25) is 5.91 Å². The number of amides is 1. The van der Waals surface area contributed by atoms with Crippen LogP contribution in [0, 0.1) is 11.3 Å². The van der Waals surface area contributed by atoms with Crippen molar-refractivity contribution in [3.63, 3.8) is 0 Å². The smallest absolute Gasteiger partial charge is 0.262 e. The molecular weight excluding hydrogens is 360 g/mol. The van der Waals surface area contributed by atoms with Crippen molar-refractivity contribution in [1.29, 1.82) is 5.26 Å². The molecule has 1 amide bonds. The maximum atomic E-state index is 12.9. The van der Waals surface area contributed by atoms with Crippen LogP contribution in [-0.4, -0.2) is 15.5 Å². The monoisotopic (exact) mass is 378 g/mol. The third-order valence-electron chi connectivity index (χ3n) is 4.78. The summed E-state index contributed by atoms with van der Waals surface area (Å²) in [5.74, 6) is -0.282. The van der Waals surface area contributed by atoms with Crippen molar-refractivity contribution < 1.29 is 4.79 Å². The fourth-order valence-corrected chi connectivity index (χ4v) is 4.67. The molecule has 0 fully saturated rings. The van der Waals surface area contributed by atoms with Crippen molar-refractivity contribution >= 4 is 33.1 Å². The second-order valence-corrected chi connectivity index (χ2v) is 7.73. The third kappa shape index (κ3) is 3.49. The average molecular weight is 378 g/mol. The lowest BCUT2D eigenvalue weighted by molar-refractivity contribution is -0.116. The Labute approximate surface area is 160 Å². The number of rotatable bonds is 4. The number of thiophene rings is 1. The van der Waals surface area contributed by atoms with Crippen molar-refractivity contribution in [2.45, 2.75) is 38.6 Å². The van der Waals surface area contributed by atoms with Gasteiger partial charge in [-0.05, 0) is 48.9 Å². The molecule has 2 heterocycles. The predicted molar refractivity (Wildman–Crippen MR) is 105 cm³/mol. The van der Waals surface area contributed by atoms with Gasteiger partial charge in [0.25, 0.3) is 5.56 Å². The van der Waals surface area contributed by atoms with E-state index in [1.807, 2.05) is 0 Å². The predicted octanol–water partition coefficient (Wildman–Crippen LogP) is 3.04. The Balaban J connectivity index is 1.54. The van der Waals surface area contributed by atoms with E-state index in [0.29, 0.717) is 17.5 Å². The summed E-state index contributed by atoms with van der Waals surface area (Å²) in [5, 5.41) is 12.2. The number of nitrogens with one attached hydrogen (secondary N) is 1. The number of nitrogens with zero attached hydrogens (tertiary/aromatic N) is 3. The van der Waals surface area contributed by atoms with Gasteiger partial charge in [0.15, 0.2) is 0 Å². The normalized spacial score (nSPS) is 13.1. The van der Waals surface area contributed by atoms with Crippen molar-refractivity contribution in [3.8, 4) is 6.07 Å². The molecule has 0 saturated heterocycles. The highest BCUT2D eigenvalue weighted by molar-refractivity contribution is 7.18. The molecule has 4 rings (SSSR count). The highest BCUT2D eigenvalue weighted by atomic mass is 32.1. The van der Waals surface area contributed by atoms with Gasteiger partial charge < -0.3 is 5.32 Å². The number of aryl methyl sites for hydroxylation is 2. The Morgan fingerprint density at radius 2 is 2.04 bits per heavy atom. The zero-order valence-corrected chi connectivity index (χ0v) is 15.5. The van der Waals surface area contributed by atoms with E-state index in [1.54, 1.807) is 35.6 Å². The first kappa shape index (κ1) is 17.4. The van der Waals surface area contributed by atoms with Gasteiger partial charge in [-0.25, -0.2) is 4.98 Å². The van der Waals surface area contributed by atoms with Crippen LogP contribution in [0.25, 0.3) is 10.2 Å². The SMILES string of the molecule is N#CCc1ccc(NC(=O)Cn2cnc3sc4c(c3c2=O)CCCC4)cc1. The molecule has 0 atom stereocenters. The number of benzene rings is 1. The lowest BCUT2D eigenvalue weighted by Gasteiger charge is -2.10. The highest BCUT2D eigenvalue weighted by Crippen LogP contribution is 2.33. The summed E-state index contributed by atoms with van der Waals surface area (Å²) in [6, 6.07) is 9.20. The second kappa shape index (κ2) is 7.33. The van der Waals surface area contributed by atoms with E-state index in [2.05, 4.69) is 16.4 Å². The van der Waals surface area contributed by atoms with E-state index in [0.717, 1.165) is 41.6 Å². The zero-order chi connectivity index (χ0) is 18.8. The molecule has 0 spiro atoms. The van der Waals surface area contributed by atoms with Crippen LogP contribution in [0.3, 0.4) is 0 Å². The van der Waals surface area contributed by atoms with Crippen LogP contribution in [0.4, 0.5) is 5.69 Å². The molecule has 136 valence electrons. The molecule has 27 heavy (non-hydrogen) atoms. The fraction of sp³-hybridized carbons (Fsp3) is 0.300. The molecule has 1 N–H and O–H groups in total. The number of hydrogen-bond acceptors (Lipinski definition) is 5. The molecule has 0 radical (unpaired) electrons. The molecule has 0 saturated carbocycles. The summed E-state index contributed by atoms with van der Waals surface area (Å²) >= 11 is 1.60. The Morgan fingerprint density at radius 1 is 1.26 bits per heavy atom. The quantitative estimate of drug-likeness (QED) is 0.756. The molecular formula is C20H18N4O2S. The summed E-state index contributed by atoms with van der Waals surface area (Å²) in [4.78, 5) is 31.7. The Morgan fingerprint density at radius 3 is 2.81 bits per heavy atom. The molecule has 1 aliphatic rings. The topological polar surface area (TPSA) is 87.8 Å². The van der Waals surface area contributed by atoms with Gasteiger partial charge in [0.1, 0.15) is 11.4 Å². The van der Waals surface area contributed by atoms with Crippen LogP contribution in [0.1, 0.15) is 28.8 Å². The lowest BCUT2D eigenvalue weighted by Crippen LogP contribution is -2.28. The fourth-order valence-electron chi connectivity index (χ4n) is 3.45. The first-order valence-corrected chi connectivity index (χ1v) is 9.73.